The van der Waals surface area contributed by atoms with Gasteiger partial charge in [0.05, 0.1) is 0 Å². The summed E-state index contributed by atoms with van der Waals surface area (Å²) in [5.74, 6) is 1.31. The Kier molecular flexibility index (Phi) is 3.53. The molecule has 2 heterocycles. The molecule has 0 aliphatic heterocycles. The number of benzene rings is 1. The van der Waals surface area contributed by atoms with Crippen LogP contribution in [0.25, 0.3) is 15.5 Å². The second-order valence-corrected chi connectivity index (χ2v) is 7.18. The van der Waals surface area contributed by atoms with Crippen LogP contribution in [0.1, 0.15) is 5.82 Å². The number of halogens is 1. The van der Waals surface area contributed by atoms with Gasteiger partial charge in [-0.1, -0.05) is 0 Å². The van der Waals surface area contributed by atoms with Crippen LogP contribution >= 0.6 is 36.4 Å². The summed E-state index contributed by atoms with van der Waals surface area (Å²) in [6.45, 7) is 1.81. The zero-order valence-corrected chi connectivity index (χ0v) is 14.0. The van der Waals surface area contributed by atoms with Crippen LogP contribution in [-0.4, -0.2) is 28.3 Å². The predicted octanol–water partition coefficient (Wildman–Crippen LogP) is 3.46. The first-order valence-electron chi connectivity index (χ1n) is 5.42. The Morgan fingerprint density at radius 3 is 2.79 bits per heavy atom. The van der Waals surface area contributed by atoms with Gasteiger partial charge in [0.1, 0.15) is 0 Å². The van der Waals surface area contributed by atoms with Crippen molar-refractivity contribution >= 4 is 60.8 Å². The third-order valence-corrected chi connectivity index (χ3v) is 6.39. The maximum atomic E-state index is 6.07. The molecule has 0 spiro atoms. The molecule has 0 fully saturated rings. The summed E-state index contributed by atoms with van der Waals surface area (Å²) in [4.78, 5) is 9.10. The topological polar surface area (TPSA) is 30.7 Å². The average Bonchev–Trinajstić information content (AvgIpc) is 2.72. The fourth-order valence-electron chi connectivity index (χ4n) is 1.77. The zero-order valence-electron chi connectivity index (χ0n) is 9.79. The molecule has 0 aliphatic rings. The Balaban J connectivity index is 2.37. The standard InChI is InChI=1S/C12H8ClN3S2Se/c1-6-14-10(13)9(17)11(15-6)16-12(18)7-4-2-3-5-8(7)19-16/h2-5,17H,1H3. The molecule has 0 aliphatic carbocycles. The summed E-state index contributed by atoms with van der Waals surface area (Å²) < 4.78 is 4.04. The van der Waals surface area contributed by atoms with Crippen LogP contribution in [-0.2, 0) is 0 Å². The Morgan fingerprint density at radius 2 is 2.05 bits per heavy atom. The van der Waals surface area contributed by atoms with Crippen molar-refractivity contribution in [1.29, 1.82) is 0 Å². The number of rotatable bonds is 1. The number of hydrogen-bond donors (Lipinski definition) is 1. The molecule has 0 unspecified atom stereocenters. The molecule has 19 heavy (non-hydrogen) atoms. The number of nitrogens with zero attached hydrogens (tertiary/aromatic N) is 3. The van der Waals surface area contributed by atoms with Crippen LogP contribution in [0.3, 0.4) is 0 Å². The zero-order chi connectivity index (χ0) is 13.6. The van der Waals surface area contributed by atoms with Gasteiger partial charge in [-0.25, -0.2) is 0 Å². The molecule has 0 saturated heterocycles. The minimum atomic E-state index is 0.0648. The van der Waals surface area contributed by atoms with E-state index >= 15 is 0 Å². The molecular weight excluding hydrogens is 365 g/mol. The molecule has 0 atom stereocenters. The molecule has 3 rings (SSSR count). The van der Waals surface area contributed by atoms with Gasteiger partial charge in [0, 0.05) is 0 Å². The van der Waals surface area contributed by atoms with Crippen LogP contribution < -0.4 is 0 Å². The van der Waals surface area contributed by atoms with Crippen molar-refractivity contribution in [3.8, 4) is 5.82 Å². The van der Waals surface area contributed by atoms with Gasteiger partial charge in [-0.3, -0.25) is 0 Å². The quantitative estimate of drug-likeness (QED) is 0.307. The first-order valence-corrected chi connectivity index (χ1v) is 8.28. The van der Waals surface area contributed by atoms with Crippen LogP contribution in [0.2, 0.25) is 5.15 Å². The Labute approximate surface area is 131 Å². The van der Waals surface area contributed by atoms with E-state index in [1.165, 1.54) is 4.26 Å². The van der Waals surface area contributed by atoms with E-state index in [2.05, 4.69) is 28.7 Å². The number of thiol groups is 1. The van der Waals surface area contributed by atoms with E-state index in [1.807, 2.05) is 28.7 Å². The van der Waals surface area contributed by atoms with E-state index in [0.717, 1.165) is 10.0 Å². The van der Waals surface area contributed by atoms with Gasteiger partial charge < -0.3 is 0 Å². The van der Waals surface area contributed by atoms with E-state index in [-0.39, 0.29) is 14.7 Å². The number of fused-ring (bicyclic) bond motifs is 1. The Hall–Kier alpha value is -0.651. The van der Waals surface area contributed by atoms with Gasteiger partial charge in [-0.05, 0) is 0 Å². The molecular formula is C12H8ClN3S2Se. The van der Waals surface area contributed by atoms with Gasteiger partial charge in [0.25, 0.3) is 0 Å². The third-order valence-electron chi connectivity index (χ3n) is 2.62. The van der Waals surface area contributed by atoms with Crippen molar-refractivity contribution in [2.75, 3.05) is 0 Å². The van der Waals surface area contributed by atoms with E-state index in [0.29, 0.717) is 21.7 Å². The fourth-order valence-corrected chi connectivity index (χ4v) is 5.03. The first kappa shape index (κ1) is 13.3. The monoisotopic (exact) mass is 373 g/mol. The molecule has 0 bridgehead atoms. The Morgan fingerprint density at radius 1 is 1.32 bits per heavy atom. The number of hydrogen-bond acceptors (Lipinski definition) is 4. The molecule has 3 aromatic rings. The van der Waals surface area contributed by atoms with Crippen molar-refractivity contribution < 1.29 is 0 Å². The van der Waals surface area contributed by atoms with Crippen molar-refractivity contribution in [2.45, 2.75) is 11.8 Å². The summed E-state index contributed by atoms with van der Waals surface area (Å²) in [6, 6.07) is 8.14. The third kappa shape index (κ3) is 2.28. The van der Waals surface area contributed by atoms with Gasteiger partial charge >= 0.3 is 132 Å². The van der Waals surface area contributed by atoms with Gasteiger partial charge in [-0.15, -0.1) is 0 Å². The van der Waals surface area contributed by atoms with E-state index in [9.17, 15) is 0 Å². The second kappa shape index (κ2) is 5.03. The fraction of sp³-hybridized carbons (Fsp3) is 0.0833. The summed E-state index contributed by atoms with van der Waals surface area (Å²) in [7, 11) is 0. The molecule has 96 valence electrons. The second-order valence-electron chi connectivity index (χ2n) is 3.92. The van der Waals surface area contributed by atoms with Crippen LogP contribution in [0.5, 0.6) is 0 Å². The van der Waals surface area contributed by atoms with Crippen LogP contribution in [0.4, 0.5) is 0 Å². The van der Waals surface area contributed by atoms with Crippen LogP contribution in [0, 0.1) is 11.6 Å². The Bertz CT molecular complexity index is 841. The molecule has 7 heteroatoms. The molecule has 0 radical (unpaired) electrons. The molecule has 0 saturated carbocycles. The van der Waals surface area contributed by atoms with Crippen LogP contribution in [0.15, 0.2) is 29.2 Å². The molecule has 0 amide bonds. The number of aryl methyl sites for hydroxylation is 1. The first-order chi connectivity index (χ1) is 9.08. The van der Waals surface area contributed by atoms with Crippen molar-refractivity contribution in [3.05, 3.63) is 39.9 Å². The summed E-state index contributed by atoms with van der Waals surface area (Å²) in [6.07, 6.45) is 0. The minimum absolute atomic E-state index is 0.0648. The van der Waals surface area contributed by atoms with Gasteiger partial charge in [-0.2, -0.15) is 0 Å². The van der Waals surface area contributed by atoms with E-state index in [4.69, 9.17) is 23.8 Å². The summed E-state index contributed by atoms with van der Waals surface area (Å²) >= 11 is 16.1. The molecule has 0 N–H and O–H groups in total. The van der Waals surface area contributed by atoms with E-state index < -0.39 is 0 Å². The number of aromatic nitrogens is 3. The van der Waals surface area contributed by atoms with Crippen molar-refractivity contribution in [2.24, 2.45) is 0 Å². The maximum absolute atomic E-state index is 6.07. The average molecular weight is 373 g/mol. The summed E-state index contributed by atoms with van der Waals surface area (Å²) in [5, 5.41) is 1.46. The molecule has 1 aromatic carbocycles. The predicted molar refractivity (Wildman–Crippen MR) is 83.6 cm³/mol. The van der Waals surface area contributed by atoms with Crippen molar-refractivity contribution in [3.63, 3.8) is 0 Å². The normalized spacial score (nSPS) is 11.1. The van der Waals surface area contributed by atoms with Gasteiger partial charge in [0.2, 0.25) is 0 Å². The van der Waals surface area contributed by atoms with Crippen molar-refractivity contribution in [1.82, 2.24) is 13.5 Å². The molecule has 3 nitrogen and oxygen atoms in total. The summed E-state index contributed by atoms with van der Waals surface area (Å²) in [5.41, 5.74) is 0. The molecule has 2 aromatic heterocycles. The van der Waals surface area contributed by atoms with E-state index in [1.54, 1.807) is 0 Å². The SMILES string of the molecule is Cc1nc(Cl)c(S)c(-n2[se]c3ccccc3c2=S)n1. The van der Waals surface area contributed by atoms with Gasteiger partial charge in [0.15, 0.2) is 0 Å².